The van der Waals surface area contributed by atoms with E-state index in [-0.39, 0.29) is 5.91 Å². The fourth-order valence-electron chi connectivity index (χ4n) is 4.53. The molecule has 0 N–H and O–H groups in total. The van der Waals surface area contributed by atoms with Crippen LogP contribution in [0.1, 0.15) is 69.8 Å². The Morgan fingerprint density at radius 2 is 1.71 bits per heavy atom. The third-order valence-electron chi connectivity index (χ3n) is 6.07. The van der Waals surface area contributed by atoms with Crippen molar-refractivity contribution in [3.8, 4) is 5.75 Å². The Balaban J connectivity index is 1.65. The molecule has 0 radical (unpaired) electrons. The van der Waals surface area contributed by atoms with Gasteiger partial charge in [0, 0.05) is 11.6 Å². The summed E-state index contributed by atoms with van der Waals surface area (Å²) in [5.74, 6) is 0.919. The molecule has 0 bridgehead atoms. The van der Waals surface area contributed by atoms with Crippen LogP contribution in [0.5, 0.6) is 5.75 Å². The summed E-state index contributed by atoms with van der Waals surface area (Å²) in [5.41, 5.74) is 0.948. The summed E-state index contributed by atoms with van der Waals surface area (Å²) in [4.78, 5) is 21.3. The smallest absolute Gasteiger partial charge is 0.267 e. The summed E-state index contributed by atoms with van der Waals surface area (Å²) in [6, 6.07) is 8.55. The van der Waals surface area contributed by atoms with Gasteiger partial charge in [0.1, 0.15) is 5.75 Å². The molecule has 0 unspecified atom stereocenters. The van der Waals surface area contributed by atoms with Gasteiger partial charge in [-0.2, -0.15) is 0 Å². The first kappa shape index (κ1) is 19.6. The van der Waals surface area contributed by atoms with Gasteiger partial charge in [-0.3, -0.25) is 14.7 Å². The second kappa shape index (κ2) is 9.17. The fourth-order valence-corrected chi connectivity index (χ4v) is 5.63. The third-order valence-corrected chi connectivity index (χ3v) is 7.07. The number of thioether (sulfide) groups is 1. The number of hydrogen-bond donors (Lipinski definition) is 0. The maximum absolute atomic E-state index is 13.4. The average Bonchev–Trinajstić information content (AvgIpc) is 3.04. The first-order valence-corrected chi connectivity index (χ1v) is 11.5. The summed E-state index contributed by atoms with van der Waals surface area (Å²) in [6.45, 7) is 0. The van der Waals surface area contributed by atoms with E-state index in [0.29, 0.717) is 12.1 Å². The van der Waals surface area contributed by atoms with Gasteiger partial charge in [0.2, 0.25) is 0 Å². The fraction of sp³-hybridized carbons (Fsp3) is 0.565. The third kappa shape index (κ3) is 4.29. The Hall–Kier alpha value is -1.75. The minimum Gasteiger partial charge on any atom is -0.496 e. The number of benzene rings is 1. The number of amides is 1. The number of hydrogen-bond acceptors (Lipinski definition) is 4. The number of methoxy groups -OCH3 is 1. The lowest BCUT2D eigenvalue weighted by Gasteiger charge is -2.31. The van der Waals surface area contributed by atoms with Gasteiger partial charge in [-0.25, -0.2) is 0 Å². The number of carbonyl (C=O) groups excluding carboxylic acids is 1. The second-order valence-electron chi connectivity index (χ2n) is 8.02. The topological polar surface area (TPSA) is 41.9 Å². The van der Waals surface area contributed by atoms with Crippen molar-refractivity contribution in [1.29, 1.82) is 0 Å². The summed E-state index contributed by atoms with van der Waals surface area (Å²) >= 11 is 1.56. The van der Waals surface area contributed by atoms with Crippen LogP contribution in [0.2, 0.25) is 0 Å². The van der Waals surface area contributed by atoms with Gasteiger partial charge in [-0.1, -0.05) is 56.7 Å². The number of ether oxygens (including phenoxy) is 1. The van der Waals surface area contributed by atoms with Crippen molar-refractivity contribution in [3.63, 3.8) is 0 Å². The Bertz CT molecular complexity index is 762. The largest absolute Gasteiger partial charge is 0.496 e. The highest BCUT2D eigenvalue weighted by Crippen LogP contribution is 2.39. The van der Waals surface area contributed by atoms with Crippen molar-refractivity contribution in [2.75, 3.05) is 7.11 Å². The van der Waals surface area contributed by atoms with Crippen LogP contribution in [-0.4, -0.2) is 35.2 Å². The van der Waals surface area contributed by atoms with Crippen LogP contribution >= 0.6 is 11.8 Å². The Labute approximate surface area is 172 Å². The van der Waals surface area contributed by atoms with Gasteiger partial charge in [0.05, 0.1) is 18.1 Å². The van der Waals surface area contributed by atoms with Crippen molar-refractivity contribution in [2.24, 2.45) is 4.99 Å². The van der Waals surface area contributed by atoms with Crippen molar-refractivity contribution in [2.45, 2.75) is 76.3 Å². The molecule has 28 heavy (non-hydrogen) atoms. The number of amidine groups is 1. The van der Waals surface area contributed by atoms with E-state index < -0.39 is 0 Å². The summed E-state index contributed by atoms with van der Waals surface area (Å²) in [7, 11) is 1.67. The molecule has 5 heteroatoms. The molecular weight excluding hydrogens is 368 g/mol. The molecule has 150 valence electrons. The minimum absolute atomic E-state index is 0.123. The second-order valence-corrected chi connectivity index (χ2v) is 9.03. The zero-order chi connectivity index (χ0) is 19.3. The van der Waals surface area contributed by atoms with E-state index in [0.717, 1.165) is 47.1 Å². The predicted molar refractivity (Wildman–Crippen MR) is 117 cm³/mol. The lowest BCUT2D eigenvalue weighted by Crippen LogP contribution is -2.41. The van der Waals surface area contributed by atoms with Crippen molar-refractivity contribution in [3.05, 3.63) is 34.7 Å². The molecule has 2 aliphatic carbocycles. The summed E-state index contributed by atoms with van der Waals surface area (Å²) in [6.07, 6.45) is 14.0. The SMILES string of the molecule is COc1ccccc1C=C1SC(=NC2CCCCC2)N(C2CCCCC2)C1=O. The Kier molecular flexibility index (Phi) is 6.40. The van der Waals surface area contributed by atoms with Crippen molar-refractivity contribution >= 4 is 28.9 Å². The molecule has 2 saturated carbocycles. The van der Waals surface area contributed by atoms with Gasteiger partial charge in [0.25, 0.3) is 5.91 Å². The Morgan fingerprint density at radius 1 is 1.04 bits per heavy atom. The predicted octanol–water partition coefficient (Wildman–Crippen LogP) is 5.63. The molecule has 1 aliphatic heterocycles. The lowest BCUT2D eigenvalue weighted by atomic mass is 9.94. The van der Waals surface area contributed by atoms with Crippen molar-refractivity contribution < 1.29 is 9.53 Å². The van der Waals surface area contributed by atoms with E-state index in [4.69, 9.17) is 9.73 Å². The highest BCUT2D eigenvalue weighted by molar-refractivity contribution is 8.18. The molecule has 4 rings (SSSR count). The molecule has 1 aromatic rings. The van der Waals surface area contributed by atoms with E-state index in [1.807, 2.05) is 35.2 Å². The molecule has 1 saturated heterocycles. The number of rotatable bonds is 4. The molecule has 3 fully saturated rings. The molecule has 1 heterocycles. The highest BCUT2D eigenvalue weighted by atomic mass is 32.2. The van der Waals surface area contributed by atoms with E-state index in [9.17, 15) is 4.79 Å². The minimum atomic E-state index is 0.123. The van der Waals surface area contributed by atoms with Crippen LogP contribution in [0.3, 0.4) is 0 Å². The molecule has 1 amide bonds. The summed E-state index contributed by atoms with van der Waals surface area (Å²) < 4.78 is 5.47. The van der Waals surface area contributed by atoms with Gasteiger partial charge in [0.15, 0.2) is 5.17 Å². The first-order chi connectivity index (χ1) is 13.8. The molecule has 1 aromatic carbocycles. The van der Waals surface area contributed by atoms with Crippen LogP contribution in [0.4, 0.5) is 0 Å². The Morgan fingerprint density at radius 3 is 2.43 bits per heavy atom. The standard InChI is InChI=1S/C23H30N2O2S/c1-27-20-15-9-8-10-17(20)16-21-22(26)25(19-13-6-3-7-14-19)23(28-21)24-18-11-4-2-5-12-18/h8-10,15-16,18-19H,2-7,11-14H2,1H3. The van der Waals surface area contributed by atoms with Gasteiger partial charge in [-0.15, -0.1) is 0 Å². The van der Waals surface area contributed by atoms with E-state index in [1.165, 1.54) is 38.5 Å². The van der Waals surface area contributed by atoms with E-state index >= 15 is 0 Å². The quantitative estimate of drug-likeness (QED) is 0.617. The molecule has 3 aliphatic rings. The van der Waals surface area contributed by atoms with Gasteiger partial charge < -0.3 is 4.74 Å². The zero-order valence-electron chi connectivity index (χ0n) is 16.7. The van der Waals surface area contributed by atoms with Crippen LogP contribution < -0.4 is 4.74 Å². The van der Waals surface area contributed by atoms with Crippen molar-refractivity contribution in [1.82, 2.24) is 4.90 Å². The lowest BCUT2D eigenvalue weighted by molar-refractivity contribution is -0.124. The van der Waals surface area contributed by atoms with Crippen LogP contribution in [0.25, 0.3) is 6.08 Å². The highest BCUT2D eigenvalue weighted by Gasteiger charge is 2.39. The molecule has 0 atom stereocenters. The number of aliphatic imine (C=N–C) groups is 1. The number of para-hydroxylation sites is 1. The maximum atomic E-state index is 13.4. The van der Waals surface area contributed by atoms with E-state index in [2.05, 4.69) is 0 Å². The van der Waals surface area contributed by atoms with Crippen LogP contribution in [-0.2, 0) is 4.79 Å². The van der Waals surface area contributed by atoms with Crippen LogP contribution in [0, 0.1) is 0 Å². The van der Waals surface area contributed by atoms with Crippen LogP contribution in [0.15, 0.2) is 34.2 Å². The first-order valence-electron chi connectivity index (χ1n) is 10.7. The monoisotopic (exact) mass is 398 g/mol. The maximum Gasteiger partial charge on any atom is 0.267 e. The number of nitrogens with zero attached hydrogens (tertiary/aromatic N) is 2. The average molecular weight is 399 g/mol. The normalized spacial score (nSPS) is 25.0. The zero-order valence-corrected chi connectivity index (χ0v) is 17.5. The molecule has 0 spiro atoms. The summed E-state index contributed by atoms with van der Waals surface area (Å²) in [5, 5.41) is 0.935. The molecule has 4 nitrogen and oxygen atoms in total. The number of carbonyl (C=O) groups is 1. The molecular formula is C23H30N2O2S. The van der Waals surface area contributed by atoms with E-state index in [1.54, 1.807) is 18.9 Å². The molecule has 0 aromatic heterocycles. The van der Waals surface area contributed by atoms with Gasteiger partial charge in [-0.05, 0) is 49.6 Å². The van der Waals surface area contributed by atoms with Gasteiger partial charge >= 0.3 is 0 Å².